The number of amides is 2. The van der Waals surface area contributed by atoms with E-state index in [1.165, 1.54) is 4.31 Å². The number of rotatable bonds is 3. The van der Waals surface area contributed by atoms with E-state index in [1.54, 1.807) is 23.1 Å². The number of benzene rings is 2. The minimum atomic E-state index is -3.52. The first kappa shape index (κ1) is 17.4. The van der Waals surface area contributed by atoms with E-state index in [1.807, 2.05) is 43.3 Å². The zero-order chi connectivity index (χ0) is 17.9. The van der Waals surface area contributed by atoms with Gasteiger partial charge in [-0.3, -0.25) is 0 Å². The Bertz CT molecular complexity index is 845. The van der Waals surface area contributed by atoms with Crippen LogP contribution in [0.1, 0.15) is 5.56 Å². The van der Waals surface area contributed by atoms with Gasteiger partial charge in [0.05, 0.1) is 4.90 Å². The lowest BCUT2D eigenvalue weighted by molar-refractivity contribution is 0.184. The molecule has 132 valence electrons. The Kier molecular flexibility index (Phi) is 5.06. The summed E-state index contributed by atoms with van der Waals surface area (Å²) < 4.78 is 26.9. The van der Waals surface area contributed by atoms with E-state index >= 15 is 0 Å². The molecule has 0 aliphatic carbocycles. The molecule has 1 saturated heterocycles. The van der Waals surface area contributed by atoms with Crippen molar-refractivity contribution < 1.29 is 13.2 Å². The van der Waals surface area contributed by atoms with Crippen LogP contribution in [0, 0.1) is 6.92 Å². The first-order valence-corrected chi connectivity index (χ1v) is 9.58. The highest BCUT2D eigenvalue weighted by Gasteiger charge is 2.30. The van der Waals surface area contributed by atoms with E-state index in [4.69, 9.17) is 0 Å². The Balaban J connectivity index is 1.62. The average Bonchev–Trinajstić information content (AvgIpc) is 2.62. The maximum absolute atomic E-state index is 12.7. The second-order valence-corrected chi connectivity index (χ2v) is 7.94. The van der Waals surface area contributed by atoms with Crippen LogP contribution in [0.4, 0.5) is 10.5 Å². The molecule has 1 N–H and O–H groups in total. The van der Waals surface area contributed by atoms with E-state index in [9.17, 15) is 13.2 Å². The second kappa shape index (κ2) is 7.25. The number of sulfonamides is 1. The Morgan fingerprint density at radius 2 is 1.64 bits per heavy atom. The SMILES string of the molecule is Cc1cccc(S(=O)(=O)N2CCN(C(=O)Nc3ccccc3)CC2)c1. The van der Waals surface area contributed by atoms with E-state index in [-0.39, 0.29) is 6.03 Å². The molecule has 0 unspecified atom stereocenters. The Hall–Kier alpha value is -2.38. The summed E-state index contributed by atoms with van der Waals surface area (Å²) >= 11 is 0. The average molecular weight is 359 g/mol. The van der Waals surface area contributed by atoms with Crippen molar-refractivity contribution in [1.29, 1.82) is 0 Å². The highest BCUT2D eigenvalue weighted by atomic mass is 32.2. The minimum Gasteiger partial charge on any atom is -0.322 e. The van der Waals surface area contributed by atoms with E-state index in [0.29, 0.717) is 31.1 Å². The lowest BCUT2D eigenvalue weighted by Gasteiger charge is -2.34. The number of piperazine rings is 1. The molecule has 2 amide bonds. The van der Waals surface area contributed by atoms with Crippen molar-refractivity contribution in [3.8, 4) is 0 Å². The molecule has 2 aromatic rings. The summed E-state index contributed by atoms with van der Waals surface area (Å²) in [7, 11) is -3.52. The molecule has 0 spiro atoms. The molecule has 0 radical (unpaired) electrons. The maximum atomic E-state index is 12.7. The summed E-state index contributed by atoms with van der Waals surface area (Å²) in [6.07, 6.45) is 0. The molecule has 0 atom stereocenters. The number of hydrogen-bond donors (Lipinski definition) is 1. The van der Waals surface area contributed by atoms with E-state index in [2.05, 4.69) is 5.32 Å². The highest BCUT2D eigenvalue weighted by molar-refractivity contribution is 7.89. The Labute approximate surface area is 148 Å². The van der Waals surface area contributed by atoms with Gasteiger partial charge in [-0.2, -0.15) is 4.31 Å². The van der Waals surface area contributed by atoms with Gasteiger partial charge in [0.1, 0.15) is 0 Å². The summed E-state index contributed by atoms with van der Waals surface area (Å²) in [5.74, 6) is 0. The van der Waals surface area contributed by atoms with Gasteiger partial charge in [-0.15, -0.1) is 0 Å². The number of carbonyl (C=O) groups excluding carboxylic acids is 1. The van der Waals surface area contributed by atoms with Crippen LogP contribution in [0.25, 0.3) is 0 Å². The molecule has 0 bridgehead atoms. The quantitative estimate of drug-likeness (QED) is 0.915. The third-order valence-electron chi connectivity index (χ3n) is 4.18. The molecule has 0 aromatic heterocycles. The molecular formula is C18H21N3O3S. The lowest BCUT2D eigenvalue weighted by atomic mass is 10.2. The Morgan fingerprint density at radius 3 is 2.28 bits per heavy atom. The molecule has 25 heavy (non-hydrogen) atoms. The highest BCUT2D eigenvalue weighted by Crippen LogP contribution is 2.19. The summed E-state index contributed by atoms with van der Waals surface area (Å²) in [4.78, 5) is 14.2. The number of carbonyl (C=O) groups is 1. The summed E-state index contributed by atoms with van der Waals surface area (Å²) in [6, 6.07) is 15.9. The van der Waals surface area contributed by atoms with Crippen LogP contribution in [-0.2, 0) is 10.0 Å². The number of urea groups is 1. The van der Waals surface area contributed by atoms with Crippen molar-refractivity contribution in [1.82, 2.24) is 9.21 Å². The van der Waals surface area contributed by atoms with Crippen molar-refractivity contribution in [3.05, 3.63) is 60.2 Å². The topological polar surface area (TPSA) is 69.7 Å². The molecule has 0 saturated carbocycles. The predicted octanol–water partition coefficient (Wildman–Crippen LogP) is 2.53. The van der Waals surface area contributed by atoms with Gasteiger partial charge in [-0.25, -0.2) is 13.2 Å². The molecule has 1 aliphatic rings. The monoisotopic (exact) mass is 359 g/mol. The van der Waals surface area contributed by atoms with Crippen molar-refractivity contribution >= 4 is 21.7 Å². The largest absolute Gasteiger partial charge is 0.322 e. The van der Waals surface area contributed by atoms with Crippen molar-refractivity contribution in [2.24, 2.45) is 0 Å². The van der Waals surface area contributed by atoms with Gasteiger partial charge in [-0.1, -0.05) is 30.3 Å². The molecule has 1 fully saturated rings. The zero-order valence-corrected chi connectivity index (χ0v) is 14.9. The molecule has 1 aliphatic heterocycles. The fourth-order valence-corrected chi connectivity index (χ4v) is 4.31. The third kappa shape index (κ3) is 4.00. The summed E-state index contributed by atoms with van der Waals surface area (Å²) in [5.41, 5.74) is 1.63. The predicted molar refractivity (Wildman–Crippen MR) is 97.0 cm³/mol. The molecule has 1 heterocycles. The van der Waals surface area contributed by atoms with Gasteiger partial charge in [0.25, 0.3) is 0 Å². The molecule has 6 nitrogen and oxygen atoms in total. The number of nitrogens with zero attached hydrogens (tertiary/aromatic N) is 2. The van der Waals surface area contributed by atoms with Crippen LogP contribution in [0.3, 0.4) is 0 Å². The van der Waals surface area contributed by atoms with Gasteiger partial charge < -0.3 is 10.2 Å². The van der Waals surface area contributed by atoms with Gasteiger partial charge in [0, 0.05) is 31.9 Å². The van der Waals surface area contributed by atoms with Crippen LogP contribution in [-0.4, -0.2) is 49.8 Å². The molecule has 7 heteroatoms. The van der Waals surface area contributed by atoms with Crippen LogP contribution in [0.2, 0.25) is 0 Å². The number of para-hydroxylation sites is 1. The van der Waals surface area contributed by atoms with Crippen LogP contribution in [0.5, 0.6) is 0 Å². The van der Waals surface area contributed by atoms with E-state index in [0.717, 1.165) is 11.3 Å². The fourth-order valence-electron chi connectivity index (χ4n) is 2.78. The molecule has 2 aromatic carbocycles. The zero-order valence-electron chi connectivity index (χ0n) is 14.1. The molecular weight excluding hydrogens is 338 g/mol. The first-order valence-electron chi connectivity index (χ1n) is 8.14. The van der Waals surface area contributed by atoms with Crippen molar-refractivity contribution in [2.75, 3.05) is 31.5 Å². The lowest BCUT2D eigenvalue weighted by Crippen LogP contribution is -2.51. The van der Waals surface area contributed by atoms with Crippen LogP contribution in [0.15, 0.2) is 59.5 Å². The van der Waals surface area contributed by atoms with E-state index < -0.39 is 10.0 Å². The first-order chi connectivity index (χ1) is 12.0. The van der Waals surface area contributed by atoms with Gasteiger partial charge in [-0.05, 0) is 36.8 Å². The smallest absolute Gasteiger partial charge is 0.321 e. The normalized spacial score (nSPS) is 15.8. The fraction of sp³-hybridized carbons (Fsp3) is 0.278. The number of aryl methyl sites for hydroxylation is 1. The number of anilines is 1. The summed E-state index contributed by atoms with van der Waals surface area (Å²) in [5, 5.41) is 2.82. The summed E-state index contributed by atoms with van der Waals surface area (Å²) in [6.45, 7) is 3.18. The minimum absolute atomic E-state index is 0.209. The van der Waals surface area contributed by atoms with Gasteiger partial charge in [0.15, 0.2) is 0 Å². The maximum Gasteiger partial charge on any atom is 0.321 e. The standard InChI is InChI=1S/C18H21N3O3S/c1-15-6-5-9-17(14-15)25(23,24)21-12-10-20(11-13-21)18(22)19-16-7-3-2-4-8-16/h2-9,14H,10-13H2,1H3,(H,19,22). The molecule has 3 rings (SSSR count). The van der Waals surface area contributed by atoms with Gasteiger partial charge in [0.2, 0.25) is 10.0 Å². The number of nitrogens with one attached hydrogen (secondary N) is 1. The van der Waals surface area contributed by atoms with Crippen LogP contribution < -0.4 is 5.32 Å². The second-order valence-electron chi connectivity index (χ2n) is 6.00. The number of hydrogen-bond acceptors (Lipinski definition) is 3. The third-order valence-corrected chi connectivity index (χ3v) is 6.07. The Morgan fingerprint density at radius 1 is 0.960 bits per heavy atom. The van der Waals surface area contributed by atoms with Crippen LogP contribution >= 0.6 is 0 Å². The van der Waals surface area contributed by atoms with Gasteiger partial charge >= 0.3 is 6.03 Å². The van der Waals surface area contributed by atoms with Crippen molar-refractivity contribution in [3.63, 3.8) is 0 Å². The van der Waals surface area contributed by atoms with Crippen molar-refractivity contribution in [2.45, 2.75) is 11.8 Å².